The zero-order chi connectivity index (χ0) is 11.5. The number of hydrogen-bond acceptors (Lipinski definition) is 3. The lowest BCUT2D eigenvalue weighted by Crippen LogP contribution is -2.27. The normalized spacial score (nSPS) is 12.0. The van der Waals surface area contributed by atoms with Gasteiger partial charge in [-0.15, -0.1) is 0 Å². The van der Waals surface area contributed by atoms with Crippen LogP contribution in [0.1, 0.15) is 13.8 Å². The van der Waals surface area contributed by atoms with Crippen LogP contribution in [0, 0.1) is 5.92 Å². The maximum atomic E-state index is 11.7. The minimum Gasteiger partial charge on any atom is -0.244 e. The highest BCUT2D eigenvalue weighted by Crippen LogP contribution is 2.12. The van der Waals surface area contributed by atoms with Gasteiger partial charge in [-0.2, -0.15) is 0 Å². The van der Waals surface area contributed by atoms with Crippen LogP contribution in [-0.2, 0) is 10.0 Å². The van der Waals surface area contributed by atoms with Crippen molar-refractivity contribution in [3.05, 3.63) is 23.5 Å². The molecule has 0 amide bonds. The van der Waals surface area contributed by atoms with E-state index in [-0.39, 0.29) is 16.0 Å². The summed E-state index contributed by atoms with van der Waals surface area (Å²) in [7, 11) is -3.45. The Morgan fingerprint density at radius 1 is 1.53 bits per heavy atom. The lowest BCUT2D eigenvalue weighted by atomic mass is 10.2. The number of aromatic nitrogens is 1. The maximum Gasteiger partial charge on any atom is 0.240 e. The molecular weight excluding hydrogens is 236 g/mol. The van der Waals surface area contributed by atoms with Gasteiger partial charge in [0.2, 0.25) is 10.0 Å². The number of hydrogen-bond donors (Lipinski definition) is 1. The number of nitrogens with zero attached hydrogens (tertiary/aromatic N) is 1. The number of sulfonamides is 1. The zero-order valence-electron chi connectivity index (χ0n) is 8.57. The number of pyridine rings is 1. The molecule has 1 heterocycles. The molecule has 0 radical (unpaired) electrons. The van der Waals surface area contributed by atoms with Gasteiger partial charge >= 0.3 is 0 Å². The predicted octanol–water partition coefficient (Wildman–Crippen LogP) is 1.67. The Bertz CT molecular complexity index is 431. The first kappa shape index (κ1) is 12.4. The van der Waals surface area contributed by atoms with E-state index in [4.69, 9.17) is 11.6 Å². The monoisotopic (exact) mass is 248 g/mol. The largest absolute Gasteiger partial charge is 0.244 e. The molecule has 1 N–H and O–H groups in total. The first-order chi connectivity index (χ1) is 6.92. The van der Waals surface area contributed by atoms with Crippen molar-refractivity contribution >= 4 is 21.6 Å². The lowest BCUT2D eigenvalue weighted by Gasteiger charge is -2.08. The van der Waals surface area contributed by atoms with Gasteiger partial charge in [-0.1, -0.05) is 25.4 Å². The molecule has 6 heteroatoms. The number of rotatable bonds is 4. The molecule has 0 fully saturated rings. The summed E-state index contributed by atoms with van der Waals surface area (Å²) in [5.74, 6) is 0.261. The summed E-state index contributed by atoms with van der Waals surface area (Å²) in [6.45, 7) is 4.27. The van der Waals surface area contributed by atoms with E-state index in [1.54, 1.807) is 0 Å². The van der Waals surface area contributed by atoms with Crippen molar-refractivity contribution < 1.29 is 8.42 Å². The first-order valence-electron chi connectivity index (χ1n) is 4.53. The van der Waals surface area contributed by atoms with Crippen LogP contribution in [0.2, 0.25) is 5.15 Å². The lowest BCUT2D eigenvalue weighted by molar-refractivity contribution is 0.560. The Kier molecular flexibility index (Phi) is 4.07. The van der Waals surface area contributed by atoms with Crippen LogP contribution >= 0.6 is 11.6 Å². The molecule has 1 aromatic heterocycles. The molecule has 1 rings (SSSR count). The molecule has 4 nitrogen and oxygen atoms in total. The van der Waals surface area contributed by atoms with Crippen LogP contribution in [0.15, 0.2) is 23.2 Å². The molecule has 0 aliphatic heterocycles. The van der Waals surface area contributed by atoms with Gasteiger partial charge in [0.25, 0.3) is 0 Å². The van der Waals surface area contributed by atoms with E-state index in [2.05, 4.69) is 9.71 Å². The Morgan fingerprint density at radius 2 is 2.20 bits per heavy atom. The second-order valence-electron chi connectivity index (χ2n) is 3.56. The van der Waals surface area contributed by atoms with Gasteiger partial charge in [-0.25, -0.2) is 18.1 Å². The maximum absolute atomic E-state index is 11.7. The van der Waals surface area contributed by atoms with E-state index in [0.29, 0.717) is 6.54 Å². The third kappa shape index (κ3) is 3.77. The summed E-state index contributed by atoms with van der Waals surface area (Å²) >= 11 is 5.61. The third-order valence-corrected chi connectivity index (χ3v) is 3.32. The van der Waals surface area contributed by atoms with Crippen molar-refractivity contribution in [3.8, 4) is 0 Å². The smallest absolute Gasteiger partial charge is 0.240 e. The molecule has 0 saturated carbocycles. The molecule has 0 spiro atoms. The molecule has 1 aromatic rings. The van der Waals surface area contributed by atoms with Gasteiger partial charge in [0.05, 0.1) is 4.90 Å². The summed E-state index contributed by atoms with van der Waals surface area (Å²) in [4.78, 5) is 3.86. The van der Waals surface area contributed by atoms with Crippen molar-refractivity contribution in [1.29, 1.82) is 0 Å². The first-order valence-corrected chi connectivity index (χ1v) is 6.39. The summed E-state index contributed by atoms with van der Waals surface area (Å²) < 4.78 is 25.9. The van der Waals surface area contributed by atoms with E-state index < -0.39 is 10.0 Å². The SMILES string of the molecule is CC(C)CNS(=O)(=O)c1ccnc(Cl)c1. The van der Waals surface area contributed by atoms with Crippen molar-refractivity contribution in [3.63, 3.8) is 0 Å². The van der Waals surface area contributed by atoms with Crippen LogP contribution in [-0.4, -0.2) is 19.9 Å². The fourth-order valence-corrected chi connectivity index (χ4v) is 2.38. The van der Waals surface area contributed by atoms with Gasteiger partial charge < -0.3 is 0 Å². The summed E-state index contributed by atoms with van der Waals surface area (Å²) in [5.41, 5.74) is 0. The highest BCUT2D eigenvalue weighted by molar-refractivity contribution is 7.89. The van der Waals surface area contributed by atoms with Crippen molar-refractivity contribution in [2.45, 2.75) is 18.7 Å². The Morgan fingerprint density at radius 3 is 2.73 bits per heavy atom. The summed E-state index contributed by atoms with van der Waals surface area (Å²) in [6, 6.07) is 2.73. The van der Waals surface area contributed by atoms with E-state index in [0.717, 1.165) is 0 Å². The van der Waals surface area contributed by atoms with Gasteiger partial charge in [0.1, 0.15) is 5.15 Å². The second-order valence-corrected chi connectivity index (χ2v) is 5.71. The minimum atomic E-state index is -3.45. The van der Waals surface area contributed by atoms with Gasteiger partial charge in [-0.3, -0.25) is 0 Å². The topological polar surface area (TPSA) is 59.1 Å². The Balaban J connectivity index is 2.87. The van der Waals surface area contributed by atoms with Crippen LogP contribution < -0.4 is 4.72 Å². The van der Waals surface area contributed by atoms with E-state index in [1.165, 1.54) is 18.3 Å². The molecular formula is C9H13ClN2O2S. The zero-order valence-corrected chi connectivity index (χ0v) is 10.1. The van der Waals surface area contributed by atoms with E-state index in [1.807, 2.05) is 13.8 Å². The van der Waals surface area contributed by atoms with Crippen LogP contribution in [0.5, 0.6) is 0 Å². The average Bonchev–Trinajstić information content (AvgIpc) is 2.15. The average molecular weight is 249 g/mol. The quantitative estimate of drug-likeness (QED) is 0.825. The van der Waals surface area contributed by atoms with Gasteiger partial charge in [-0.05, 0) is 18.1 Å². The van der Waals surface area contributed by atoms with Gasteiger partial charge in [0.15, 0.2) is 0 Å². The standard InChI is InChI=1S/C9H13ClN2O2S/c1-7(2)6-12-15(13,14)8-3-4-11-9(10)5-8/h3-5,7,12H,6H2,1-2H3. The van der Waals surface area contributed by atoms with Crippen LogP contribution in [0.3, 0.4) is 0 Å². The molecule has 0 aliphatic rings. The molecule has 0 unspecified atom stereocenters. The molecule has 0 bridgehead atoms. The highest BCUT2D eigenvalue weighted by atomic mass is 35.5. The second kappa shape index (κ2) is 4.92. The fourth-order valence-electron chi connectivity index (χ4n) is 0.912. The van der Waals surface area contributed by atoms with E-state index in [9.17, 15) is 8.42 Å². The summed E-state index contributed by atoms with van der Waals surface area (Å²) in [5, 5.41) is 0.169. The predicted molar refractivity (Wildman–Crippen MR) is 59.3 cm³/mol. The van der Waals surface area contributed by atoms with Crippen LogP contribution in [0.25, 0.3) is 0 Å². The third-order valence-electron chi connectivity index (χ3n) is 1.69. The molecule has 0 saturated heterocycles. The molecule has 84 valence electrons. The number of halogens is 1. The summed E-state index contributed by atoms with van der Waals surface area (Å²) in [6.07, 6.45) is 1.37. The highest BCUT2D eigenvalue weighted by Gasteiger charge is 2.14. The molecule has 0 atom stereocenters. The van der Waals surface area contributed by atoms with Crippen molar-refractivity contribution in [1.82, 2.24) is 9.71 Å². The number of nitrogens with one attached hydrogen (secondary N) is 1. The molecule has 15 heavy (non-hydrogen) atoms. The Labute approximate surface area is 94.7 Å². The van der Waals surface area contributed by atoms with E-state index >= 15 is 0 Å². The molecule has 0 aromatic carbocycles. The van der Waals surface area contributed by atoms with Crippen molar-refractivity contribution in [2.75, 3.05) is 6.54 Å². The van der Waals surface area contributed by atoms with Crippen LogP contribution in [0.4, 0.5) is 0 Å². The molecule has 0 aliphatic carbocycles. The fraction of sp³-hybridized carbons (Fsp3) is 0.444. The van der Waals surface area contributed by atoms with Gasteiger partial charge in [0, 0.05) is 12.7 Å². The van der Waals surface area contributed by atoms with Crippen molar-refractivity contribution in [2.24, 2.45) is 5.92 Å². The Hall–Kier alpha value is -0.650. The minimum absolute atomic E-state index is 0.142.